The summed E-state index contributed by atoms with van der Waals surface area (Å²) in [6.45, 7) is -0.206. The fraction of sp³-hybridized carbons (Fsp3) is 0.600. The summed E-state index contributed by atoms with van der Waals surface area (Å²) in [5.41, 5.74) is -2.62. The van der Waals surface area contributed by atoms with E-state index in [0.29, 0.717) is 0 Å². The van der Waals surface area contributed by atoms with Gasteiger partial charge in [0.1, 0.15) is 0 Å². The van der Waals surface area contributed by atoms with Crippen molar-refractivity contribution in [1.29, 1.82) is 0 Å². The number of hydrogen-bond acceptors (Lipinski definition) is 4. The highest BCUT2D eigenvalue weighted by Gasteiger charge is 2.40. The van der Waals surface area contributed by atoms with Crippen LogP contribution >= 0.6 is 0 Å². The summed E-state index contributed by atoms with van der Waals surface area (Å²) in [5.74, 6) is -2.72. The number of Topliss-reactive ketones (excluding diaryl/α,β-unsaturated/α-hetero) is 1. The molecule has 0 heterocycles. The van der Waals surface area contributed by atoms with Crippen molar-refractivity contribution in [2.75, 3.05) is 6.61 Å². The first-order valence-corrected chi connectivity index (χ1v) is 2.53. The fourth-order valence-corrected chi connectivity index (χ4v) is 0.330. The van der Waals surface area contributed by atoms with Gasteiger partial charge in [0, 0.05) is 0 Å². The highest BCUT2D eigenvalue weighted by molar-refractivity contribution is 6.05. The minimum Gasteiger partial charge on any atom is -0.479 e. The Morgan fingerprint density at radius 3 is 1.90 bits per heavy atom. The number of carbonyl (C=O) groups excluding carboxylic acids is 1. The minimum atomic E-state index is -2.62. The van der Waals surface area contributed by atoms with Crippen molar-refractivity contribution in [3.63, 3.8) is 0 Å². The zero-order chi connectivity index (χ0) is 8.36. The third-order valence-corrected chi connectivity index (χ3v) is 1.17. The lowest BCUT2D eigenvalue weighted by Gasteiger charge is -2.15. The molecule has 1 unspecified atom stereocenters. The molecule has 0 aromatic heterocycles. The van der Waals surface area contributed by atoms with Crippen molar-refractivity contribution in [1.82, 2.24) is 0 Å². The number of carboxylic acids is 1. The van der Waals surface area contributed by atoms with Crippen molar-refractivity contribution in [3.05, 3.63) is 0 Å². The summed E-state index contributed by atoms with van der Waals surface area (Å²) < 4.78 is 0. The molecule has 58 valence electrons. The molecular weight excluding hydrogens is 140 g/mol. The molecule has 0 aliphatic heterocycles. The largest absolute Gasteiger partial charge is 0.479 e. The van der Waals surface area contributed by atoms with E-state index in [9.17, 15) is 9.59 Å². The van der Waals surface area contributed by atoms with E-state index < -0.39 is 24.0 Å². The Kier molecular flexibility index (Phi) is 2.50. The number of aliphatic carboxylic acids is 1. The van der Waals surface area contributed by atoms with Gasteiger partial charge in [0.05, 0.1) is 6.61 Å². The summed E-state index contributed by atoms with van der Waals surface area (Å²) in [6.07, 6.45) is 0. The van der Waals surface area contributed by atoms with Gasteiger partial charge in [-0.25, -0.2) is 4.79 Å². The summed E-state index contributed by atoms with van der Waals surface area (Å²) in [7, 11) is 0. The predicted octanol–water partition coefficient (Wildman–Crippen LogP) is -1.62. The van der Waals surface area contributed by atoms with Crippen LogP contribution in [0, 0.1) is 0 Å². The molecule has 0 rings (SSSR count). The molecule has 0 spiro atoms. The maximum atomic E-state index is 10.3. The second-order valence-corrected chi connectivity index (χ2v) is 1.88. The van der Waals surface area contributed by atoms with Crippen LogP contribution in [-0.4, -0.2) is 39.3 Å². The Hall–Kier alpha value is -0.940. The molecule has 3 N–H and O–H groups in total. The highest BCUT2D eigenvalue weighted by atomic mass is 16.4. The van der Waals surface area contributed by atoms with E-state index in [1.54, 1.807) is 0 Å². The summed E-state index contributed by atoms with van der Waals surface area (Å²) in [4.78, 5) is 20.4. The maximum Gasteiger partial charge on any atom is 0.346 e. The molecule has 0 amide bonds. The van der Waals surface area contributed by atoms with Crippen molar-refractivity contribution in [2.24, 2.45) is 0 Å². The monoisotopic (exact) mass is 148 g/mol. The second kappa shape index (κ2) is 2.76. The smallest absolute Gasteiger partial charge is 0.346 e. The van der Waals surface area contributed by atoms with Gasteiger partial charge in [0.2, 0.25) is 5.60 Å². The Morgan fingerprint density at radius 1 is 1.50 bits per heavy atom. The van der Waals surface area contributed by atoms with Gasteiger partial charge in [-0.2, -0.15) is 0 Å². The van der Waals surface area contributed by atoms with Crippen molar-refractivity contribution >= 4 is 11.8 Å². The van der Waals surface area contributed by atoms with E-state index in [2.05, 4.69) is 0 Å². The number of ketones is 1. The van der Waals surface area contributed by atoms with Crippen LogP contribution in [0.3, 0.4) is 0 Å². The normalized spacial score (nSPS) is 15.9. The zero-order valence-electron chi connectivity index (χ0n) is 5.37. The third-order valence-electron chi connectivity index (χ3n) is 1.17. The first-order valence-electron chi connectivity index (χ1n) is 2.53. The van der Waals surface area contributed by atoms with E-state index in [0.717, 1.165) is 6.92 Å². The number of aliphatic hydroxyl groups excluding tert-OH is 1. The molecule has 1 atom stereocenters. The first-order chi connectivity index (χ1) is 4.45. The molecule has 10 heavy (non-hydrogen) atoms. The highest BCUT2D eigenvalue weighted by Crippen LogP contribution is 2.04. The van der Waals surface area contributed by atoms with Gasteiger partial charge in [0.25, 0.3) is 0 Å². The Bertz CT molecular complexity index is 147. The van der Waals surface area contributed by atoms with Crippen LogP contribution in [-0.2, 0) is 9.59 Å². The molecule has 0 radical (unpaired) electrons. The average molecular weight is 148 g/mol. The van der Waals surface area contributed by atoms with Crippen LogP contribution in [0.25, 0.3) is 0 Å². The molecule has 0 fully saturated rings. The number of carbonyl (C=O) groups is 2. The molecule has 5 heteroatoms. The molecule has 0 aliphatic carbocycles. The van der Waals surface area contributed by atoms with Crippen LogP contribution in [0.5, 0.6) is 0 Å². The van der Waals surface area contributed by atoms with Gasteiger partial charge >= 0.3 is 5.97 Å². The van der Waals surface area contributed by atoms with Crippen LogP contribution in [0.15, 0.2) is 0 Å². The van der Waals surface area contributed by atoms with E-state index in [1.165, 1.54) is 0 Å². The van der Waals surface area contributed by atoms with Crippen LogP contribution in [0.2, 0.25) is 0 Å². The fourth-order valence-electron chi connectivity index (χ4n) is 0.330. The molecule has 5 nitrogen and oxygen atoms in total. The van der Waals surface area contributed by atoms with E-state index in [4.69, 9.17) is 15.3 Å². The number of aliphatic hydroxyl groups is 2. The van der Waals surface area contributed by atoms with Crippen molar-refractivity contribution in [2.45, 2.75) is 12.5 Å². The molecule has 0 aromatic carbocycles. The first kappa shape index (κ1) is 9.06. The lowest BCUT2D eigenvalue weighted by Crippen LogP contribution is -2.48. The van der Waals surface area contributed by atoms with Crippen LogP contribution < -0.4 is 0 Å². The Morgan fingerprint density at radius 2 is 1.90 bits per heavy atom. The lowest BCUT2D eigenvalue weighted by molar-refractivity contribution is -0.168. The second-order valence-electron chi connectivity index (χ2n) is 1.88. The molecular formula is C5H8O5. The van der Waals surface area contributed by atoms with Crippen LogP contribution in [0.1, 0.15) is 6.92 Å². The van der Waals surface area contributed by atoms with Gasteiger partial charge in [-0.1, -0.05) is 0 Å². The number of hydrogen-bond donors (Lipinski definition) is 3. The number of carboxylic acid groups (broad SMARTS) is 1. The summed E-state index contributed by atoms with van der Waals surface area (Å²) in [6, 6.07) is 0. The Balaban J connectivity index is 4.55. The van der Waals surface area contributed by atoms with Gasteiger partial charge in [-0.3, -0.25) is 4.79 Å². The topological polar surface area (TPSA) is 94.8 Å². The maximum absolute atomic E-state index is 10.3. The molecule has 0 saturated carbocycles. The van der Waals surface area contributed by atoms with Gasteiger partial charge < -0.3 is 15.3 Å². The predicted molar refractivity (Wildman–Crippen MR) is 30.4 cm³/mol. The number of rotatable bonds is 3. The van der Waals surface area contributed by atoms with Crippen molar-refractivity contribution in [3.8, 4) is 0 Å². The van der Waals surface area contributed by atoms with Gasteiger partial charge in [-0.05, 0) is 6.92 Å². The average Bonchev–Trinajstić information content (AvgIpc) is 1.85. The Labute approximate surface area is 56.9 Å². The molecule has 0 bridgehead atoms. The van der Waals surface area contributed by atoms with Gasteiger partial charge in [-0.15, -0.1) is 0 Å². The third kappa shape index (κ3) is 1.31. The SMILES string of the molecule is CC(=O)C(O)(CO)C(=O)O. The summed E-state index contributed by atoms with van der Waals surface area (Å²) in [5, 5.41) is 25.2. The summed E-state index contributed by atoms with van der Waals surface area (Å²) >= 11 is 0. The van der Waals surface area contributed by atoms with Crippen molar-refractivity contribution < 1.29 is 24.9 Å². The minimum absolute atomic E-state index is 0.893. The van der Waals surface area contributed by atoms with E-state index in [1.807, 2.05) is 0 Å². The van der Waals surface area contributed by atoms with E-state index >= 15 is 0 Å². The molecule has 0 aliphatic rings. The van der Waals surface area contributed by atoms with Gasteiger partial charge in [0.15, 0.2) is 5.78 Å². The van der Waals surface area contributed by atoms with Crippen LogP contribution in [0.4, 0.5) is 0 Å². The zero-order valence-corrected chi connectivity index (χ0v) is 5.37. The standard InChI is InChI=1S/C5H8O5/c1-3(7)5(10,2-6)4(8)9/h6,10H,2H2,1H3,(H,8,9). The lowest BCUT2D eigenvalue weighted by atomic mass is 10.0. The van der Waals surface area contributed by atoms with E-state index in [-0.39, 0.29) is 0 Å². The quantitative estimate of drug-likeness (QED) is 0.418. The molecule has 0 aromatic rings. The molecule has 0 saturated heterocycles.